The molecule has 1 saturated carbocycles. The second-order valence-electron chi connectivity index (χ2n) is 5.21. The molecule has 78 valence electrons. The third kappa shape index (κ3) is 2.70. The third-order valence-corrected chi connectivity index (χ3v) is 3.87. The van der Waals surface area contributed by atoms with E-state index >= 15 is 0 Å². The van der Waals surface area contributed by atoms with E-state index in [1.165, 1.54) is 25.7 Å². The van der Waals surface area contributed by atoms with Gasteiger partial charge in [-0.2, -0.15) is 0 Å². The van der Waals surface area contributed by atoms with Crippen LogP contribution in [0.5, 0.6) is 0 Å². The fourth-order valence-electron chi connectivity index (χ4n) is 2.75. The molecule has 13 heavy (non-hydrogen) atoms. The van der Waals surface area contributed by atoms with Crippen LogP contribution in [0.25, 0.3) is 0 Å². The molecule has 0 bridgehead atoms. The number of rotatable bonds is 3. The molecule has 0 spiro atoms. The smallest absolute Gasteiger partial charge is 0.0493 e. The molecule has 0 N–H and O–H groups in total. The Hall–Kier alpha value is -0.0400. The van der Waals surface area contributed by atoms with E-state index in [2.05, 4.69) is 20.8 Å². The Balaban J connectivity index is 2.52. The van der Waals surface area contributed by atoms with Crippen molar-refractivity contribution in [2.45, 2.75) is 46.5 Å². The molecule has 0 aliphatic heterocycles. The molecule has 1 rings (SSSR count). The first-order valence-electron chi connectivity index (χ1n) is 5.57. The predicted octanol–water partition coefficient (Wildman–Crippen LogP) is 3.49. The molecule has 3 atom stereocenters. The number of hydrogen-bond donors (Lipinski definition) is 0. The summed E-state index contributed by atoms with van der Waals surface area (Å²) < 4.78 is 5.26. The van der Waals surface area contributed by atoms with Gasteiger partial charge in [-0.3, -0.25) is 0 Å². The quantitative estimate of drug-likeness (QED) is 0.652. The predicted molar refractivity (Wildman–Crippen MR) is 56.8 cm³/mol. The first kappa shape index (κ1) is 11.0. The van der Waals surface area contributed by atoms with Gasteiger partial charge in [-0.15, -0.1) is 0 Å². The lowest BCUT2D eigenvalue weighted by Crippen LogP contribution is -2.33. The SMILES string of the molecule is COCC(C)C1(C)CCCC(C)C1. The van der Waals surface area contributed by atoms with Crippen LogP contribution in [0.3, 0.4) is 0 Å². The van der Waals surface area contributed by atoms with Gasteiger partial charge in [-0.05, 0) is 30.1 Å². The van der Waals surface area contributed by atoms with Crippen LogP contribution in [0.4, 0.5) is 0 Å². The molecule has 0 aromatic rings. The molecular formula is C12H24O. The Kier molecular flexibility index (Phi) is 3.78. The lowest BCUT2D eigenvalue weighted by atomic mass is 9.65. The van der Waals surface area contributed by atoms with Crippen LogP contribution in [0.2, 0.25) is 0 Å². The Bertz CT molecular complexity index is 155. The minimum absolute atomic E-state index is 0.535. The van der Waals surface area contributed by atoms with Gasteiger partial charge in [0, 0.05) is 13.7 Å². The fraction of sp³-hybridized carbons (Fsp3) is 1.00. The minimum Gasteiger partial charge on any atom is -0.384 e. The molecule has 0 amide bonds. The second-order valence-corrected chi connectivity index (χ2v) is 5.21. The standard InChI is InChI=1S/C12H24O/c1-10-6-5-7-12(3,8-10)11(2)9-13-4/h10-11H,5-9H2,1-4H3. The Labute approximate surface area is 82.9 Å². The first-order chi connectivity index (χ1) is 6.08. The highest BCUT2D eigenvalue weighted by atomic mass is 16.5. The lowest BCUT2D eigenvalue weighted by Gasteiger charge is -2.41. The maximum atomic E-state index is 5.26. The molecule has 0 radical (unpaired) electrons. The summed E-state index contributed by atoms with van der Waals surface area (Å²) in [6.45, 7) is 8.08. The first-order valence-corrected chi connectivity index (χ1v) is 5.57. The average Bonchev–Trinajstić information content (AvgIpc) is 2.04. The van der Waals surface area contributed by atoms with Crippen LogP contribution >= 0.6 is 0 Å². The summed E-state index contributed by atoms with van der Waals surface area (Å²) in [6.07, 6.45) is 5.61. The van der Waals surface area contributed by atoms with Gasteiger partial charge in [-0.25, -0.2) is 0 Å². The van der Waals surface area contributed by atoms with Crippen LogP contribution in [0, 0.1) is 17.3 Å². The van der Waals surface area contributed by atoms with Crippen molar-refractivity contribution in [2.75, 3.05) is 13.7 Å². The molecule has 0 heterocycles. The van der Waals surface area contributed by atoms with Crippen LogP contribution in [0.15, 0.2) is 0 Å². The molecule has 0 aromatic carbocycles. The van der Waals surface area contributed by atoms with E-state index in [0.29, 0.717) is 11.3 Å². The zero-order chi connectivity index (χ0) is 9.90. The molecule has 0 aromatic heterocycles. The molecule has 1 heteroatoms. The van der Waals surface area contributed by atoms with Crippen molar-refractivity contribution < 1.29 is 4.74 Å². The van der Waals surface area contributed by atoms with Gasteiger partial charge in [0.1, 0.15) is 0 Å². The molecule has 0 saturated heterocycles. The van der Waals surface area contributed by atoms with E-state index in [1.807, 2.05) is 7.11 Å². The largest absolute Gasteiger partial charge is 0.384 e. The van der Waals surface area contributed by atoms with Crippen molar-refractivity contribution >= 4 is 0 Å². The maximum Gasteiger partial charge on any atom is 0.0493 e. The van der Waals surface area contributed by atoms with E-state index in [1.54, 1.807) is 0 Å². The zero-order valence-corrected chi connectivity index (χ0v) is 9.60. The molecule has 1 aliphatic carbocycles. The zero-order valence-electron chi connectivity index (χ0n) is 9.60. The monoisotopic (exact) mass is 184 g/mol. The van der Waals surface area contributed by atoms with E-state index < -0.39 is 0 Å². The average molecular weight is 184 g/mol. The number of hydrogen-bond acceptors (Lipinski definition) is 1. The van der Waals surface area contributed by atoms with Crippen molar-refractivity contribution in [3.63, 3.8) is 0 Å². The maximum absolute atomic E-state index is 5.26. The van der Waals surface area contributed by atoms with Crippen molar-refractivity contribution in [3.8, 4) is 0 Å². The molecule has 1 aliphatic rings. The van der Waals surface area contributed by atoms with Crippen molar-refractivity contribution in [2.24, 2.45) is 17.3 Å². The van der Waals surface area contributed by atoms with Crippen LogP contribution < -0.4 is 0 Å². The van der Waals surface area contributed by atoms with Gasteiger partial charge in [0.15, 0.2) is 0 Å². The summed E-state index contributed by atoms with van der Waals surface area (Å²) in [5, 5.41) is 0. The third-order valence-electron chi connectivity index (χ3n) is 3.87. The second kappa shape index (κ2) is 4.45. The minimum atomic E-state index is 0.535. The highest BCUT2D eigenvalue weighted by Crippen LogP contribution is 2.44. The topological polar surface area (TPSA) is 9.23 Å². The van der Waals surface area contributed by atoms with Gasteiger partial charge in [0.2, 0.25) is 0 Å². The normalized spacial score (nSPS) is 37.4. The Morgan fingerprint density at radius 3 is 2.77 bits per heavy atom. The van der Waals surface area contributed by atoms with Crippen molar-refractivity contribution in [1.29, 1.82) is 0 Å². The highest BCUT2D eigenvalue weighted by molar-refractivity contribution is 4.85. The Morgan fingerprint density at radius 2 is 2.23 bits per heavy atom. The van der Waals surface area contributed by atoms with E-state index in [4.69, 9.17) is 4.74 Å². The van der Waals surface area contributed by atoms with Crippen LogP contribution in [-0.4, -0.2) is 13.7 Å². The summed E-state index contributed by atoms with van der Waals surface area (Å²) in [5.74, 6) is 1.62. The van der Waals surface area contributed by atoms with Gasteiger partial charge in [0.25, 0.3) is 0 Å². The summed E-state index contributed by atoms with van der Waals surface area (Å²) >= 11 is 0. The number of ether oxygens (including phenoxy) is 1. The lowest BCUT2D eigenvalue weighted by molar-refractivity contribution is 0.0387. The molecule has 1 nitrogen and oxygen atoms in total. The van der Waals surface area contributed by atoms with E-state index in [9.17, 15) is 0 Å². The summed E-state index contributed by atoms with van der Waals surface area (Å²) in [4.78, 5) is 0. The van der Waals surface area contributed by atoms with Crippen LogP contribution in [-0.2, 0) is 4.74 Å². The van der Waals surface area contributed by atoms with Crippen LogP contribution in [0.1, 0.15) is 46.5 Å². The van der Waals surface area contributed by atoms with E-state index in [-0.39, 0.29) is 0 Å². The fourth-order valence-corrected chi connectivity index (χ4v) is 2.75. The van der Waals surface area contributed by atoms with E-state index in [0.717, 1.165) is 12.5 Å². The molecular weight excluding hydrogens is 160 g/mol. The summed E-state index contributed by atoms with van der Waals surface area (Å²) in [6, 6.07) is 0. The van der Waals surface area contributed by atoms with Gasteiger partial charge < -0.3 is 4.74 Å². The van der Waals surface area contributed by atoms with Gasteiger partial charge in [-0.1, -0.05) is 33.6 Å². The molecule has 1 fully saturated rings. The summed E-state index contributed by atoms with van der Waals surface area (Å²) in [7, 11) is 1.81. The Morgan fingerprint density at radius 1 is 1.54 bits per heavy atom. The highest BCUT2D eigenvalue weighted by Gasteiger charge is 2.34. The number of methoxy groups -OCH3 is 1. The van der Waals surface area contributed by atoms with Gasteiger partial charge >= 0.3 is 0 Å². The van der Waals surface area contributed by atoms with Gasteiger partial charge in [0.05, 0.1) is 0 Å². The molecule has 3 unspecified atom stereocenters. The van der Waals surface area contributed by atoms with Crippen molar-refractivity contribution in [1.82, 2.24) is 0 Å². The summed E-state index contributed by atoms with van der Waals surface area (Å²) in [5.41, 5.74) is 0.535. The van der Waals surface area contributed by atoms with Crippen molar-refractivity contribution in [3.05, 3.63) is 0 Å².